The fourth-order valence-electron chi connectivity index (χ4n) is 2.67. The number of rotatable bonds is 2. The molecule has 0 N–H and O–H groups in total. The minimum atomic E-state index is -0.584. The maximum Gasteiger partial charge on any atom is 0.338 e. The smallest absolute Gasteiger partial charge is 0.338 e. The molecular formula is C14H14BNO2. The van der Waals surface area contributed by atoms with Crippen LogP contribution in [0.25, 0.3) is 0 Å². The molecule has 0 unspecified atom stereocenters. The van der Waals surface area contributed by atoms with Crippen LogP contribution in [0.3, 0.4) is 0 Å². The molecule has 0 atom stereocenters. The summed E-state index contributed by atoms with van der Waals surface area (Å²) in [5, 5.41) is 9.50. The lowest BCUT2D eigenvalue weighted by Gasteiger charge is -2.23. The molecule has 1 aromatic rings. The highest BCUT2D eigenvalue weighted by Crippen LogP contribution is 2.41. The van der Waals surface area contributed by atoms with E-state index >= 15 is 0 Å². The molecule has 90 valence electrons. The van der Waals surface area contributed by atoms with Gasteiger partial charge in [-0.3, -0.25) is 0 Å². The zero-order valence-electron chi connectivity index (χ0n) is 10.4. The molecule has 4 heteroatoms. The van der Waals surface area contributed by atoms with E-state index in [0.29, 0.717) is 16.6 Å². The van der Waals surface area contributed by atoms with Crippen LogP contribution in [-0.2, 0) is 10.2 Å². The number of nitriles is 1. The number of methoxy groups -OCH3 is 1. The molecule has 1 aromatic carbocycles. The lowest BCUT2D eigenvalue weighted by molar-refractivity contribution is 0.0598. The average Bonchev–Trinajstić information content (AvgIpc) is 2.87. The Morgan fingerprint density at radius 2 is 2.11 bits per heavy atom. The Labute approximate surface area is 108 Å². The van der Waals surface area contributed by atoms with Gasteiger partial charge in [0.1, 0.15) is 7.85 Å². The Kier molecular flexibility index (Phi) is 3.42. The number of esters is 1. The van der Waals surface area contributed by atoms with Crippen molar-refractivity contribution in [1.29, 1.82) is 5.26 Å². The molecule has 2 rings (SSSR count). The van der Waals surface area contributed by atoms with Gasteiger partial charge in [-0.2, -0.15) is 5.26 Å². The van der Waals surface area contributed by atoms with Gasteiger partial charge < -0.3 is 4.74 Å². The molecule has 1 aliphatic rings. The van der Waals surface area contributed by atoms with E-state index in [1.54, 1.807) is 18.2 Å². The molecule has 1 fully saturated rings. The molecule has 0 saturated heterocycles. The van der Waals surface area contributed by atoms with Gasteiger partial charge in [-0.1, -0.05) is 30.4 Å². The SMILES string of the molecule is [B]c1ccc(C(=O)OC)c(C2(C#N)CCCC2)c1. The average molecular weight is 239 g/mol. The van der Waals surface area contributed by atoms with Crippen molar-refractivity contribution >= 4 is 19.3 Å². The quantitative estimate of drug-likeness (QED) is 0.581. The summed E-state index contributed by atoms with van der Waals surface area (Å²) in [5.41, 5.74) is 1.16. The van der Waals surface area contributed by atoms with Crippen molar-refractivity contribution in [3.8, 4) is 6.07 Å². The van der Waals surface area contributed by atoms with Crippen LogP contribution in [-0.4, -0.2) is 20.9 Å². The normalized spacial score (nSPS) is 17.1. The first kappa shape index (κ1) is 12.7. The molecule has 0 aliphatic heterocycles. The zero-order chi connectivity index (χ0) is 13.2. The van der Waals surface area contributed by atoms with Gasteiger partial charge >= 0.3 is 5.97 Å². The Bertz CT molecular complexity index is 513. The largest absolute Gasteiger partial charge is 0.465 e. The van der Waals surface area contributed by atoms with Crippen molar-refractivity contribution in [3.63, 3.8) is 0 Å². The Hall–Kier alpha value is -1.76. The second-order valence-corrected chi connectivity index (χ2v) is 4.70. The van der Waals surface area contributed by atoms with Gasteiger partial charge in [-0.05, 0) is 24.5 Å². The van der Waals surface area contributed by atoms with Gasteiger partial charge in [-0.25, -0.2) is 4.79 Å². The topological polar surface area (TPSA) is 50.1 Å². The van der Waals surface area contributed by atoms with Gasteiger partial charge in [-0.15, -0.1) is 0 Å². The summed E-state index contributed by atoms with van der Waals surface area (Å²) in [6.45, 7) is 0. The van der Waals surface area contributed by atoms with E-state index in [-0.39, 0.29) is 0 Å². The van der Waals surface area contributed by atoms with Gasteiger partial charge in [0.2, 0.25) is 0 Å². The van der Waals surface area contributed by atoms with Crippen molar-refractivity contribution in [3.05, 3.63) is 29.3 Å². The molecule has 18 heavy (non-hydrogen) atoms. The molecule has 3 nitrogen and oxygen atoms in total. The van der Waals surface area contributed by atoms with Crippen molar-refractivity contribution < 1.29 is 9.53 Å². The molecule has 0 aromatic heterocycles. The second-order valence-electron chi connectivity index (χ2n) is 4.70. The van der Waals surface area contributed by atoms with E-state index in [9.17, 15) is 10.1 Å². The standard InChI is InChI=1S/C14H14BNO2/c1-18-13(17)11-5-4-10(15)8-12(11)14(9-16)6-2-3-7-14/h4-5,8H,2-3,6-7H2,1H3. The van der Waals surface area contributed by atoms with E-state index in [0.717, 1.165) is 25.7 Å². The van der Waals surface area contributed by atoms with Gasteiger partial charge in [0.05, 0.1) is 24.2 Å². The number of carbonyl (C=O) groups excluding carboxylic acids is 1. The summed E-state index contributed by atoms with van der Waals surface area (Å²) >= 11 is 0. The predicted molar refractivity (Wildman–Crippen MR) is 68.9 cm³/mol. The van der Waals surface area contributed by atoms with Crippen molar-refractivity contribution in [2.45, 2.75) is 31.1 Å². The summed E-state index contributed by atoms with van der Waals surface area (Å²) in [5.74, 6) is -0.411. The van der Waals surface area contributed by atoms with E-state index in [1.165, 1.54) is 7.11 Å². The number of ether oxygens (including phenoxy) is 1. The third-order valence-corrected chi connectivity index (χ3v) is 3.64. The minimum absolute atomic E-state index is 0.411. The van der Waals surface area contributed by atoms with Crippen LogP contribution in [0.5, 0.6) is 0 Å². The van der Waals surface area contributed by atoms with Crippen LogP contribution < -0.4 is 5.46 Å². The monoisotopic (exact) mass is 239 g/mol. The summed E-state index contributed by atoms with van der Waals surface area (Å²) in [4.78, 5) is 11.8. The number of benzene rings is 1. The van der Waals surface area contributed by atoms with Crippen molar-refractivity contribution in [2.75, 3.05) is 7.11 Å². The van der Waals surface area contributed by atoms with Crippen molar-refractivity contribution in [1.82, 2.24) is 0 Å². The second kappa shape index (κ2) is 4.85. The highest BCUT2D eigenvalue weighted by Gasteiger charge is 2.38. The van der Waals surface area contributed by atoms with Crippen LogP contribution in [0.1, 0.15) is 41.6 Å². The van der Waals surface area contributed by atoms with E-state index in [2.05, 4.69) is 6.07 Å². The van der Waals surface area contributed by atoms with Crippen LogP contribution in [0.15, 0.2) is 18.2 Å². The Balaban J connectivity index is 2.58. The van der Waals surface area contributed by atoms with Gasteiger partial charge in [0.15, 0.2) is 0 Å². The maximum absolute atomic E-state index is 11.8. The minimum Gasteiger partial charge on any atom is -0.465 e. The third-order valence-electron chi connectivity index (χ3n) is 3.64. The molecule has 1 saturated carbocycles. The molecule has 1 aliphatic carbocycles. The third kappa shape index (κ3) is 2.01. The van der Waals surface area contributed by atoms with Crippen LogP contribution in [0, 0.1) is 11.3 Å². The first-order valence-electron chi connectivity index (χ1n) is 6.02. The first-order valence-corrected chi connectivity index (χ1v) is 6.02. The lowest BCUT2D eigenvalue weighted by Crippen LogP contribution is -2.25. The maximum atomic E-state index is 11.8. The predicted octanol–water partition coefficient (Wildman–Crippen LogP) is 1.60. The fraction of sp³-hybridized carbons (Fsp3) is 0.429. The zero-order valence-corrected chi connectivity index (χ0v) is 10.4. The van der Waals surface area contributed by atoms with E-state index < -0.39 is 11.4 Å². The highest BCUT2D eigenvalue weighted by atomic mass is 16.5. The highest BCUT2D eigenvalue weighted by molar-refractivity contribution is 6.32. The van der Waals surface area contributed by atoms with E-state index in [1.807, 2.05) is 0 Å². The molecule has 0 spiro atoms. The summed E-state index contributed by atoms with van der Waals surface area (Å²) in [7, 11) is 7.13. The number of nitrogens with zero attached hydrogens (tertiary/aromatic N) is 1. The van der Waals surface area contributed by atoms with Gasteiger partial charge in [0.25, 0.3) is 0 Å². The molecule has 0 heterocycles. The lowest BCUT2D eigenvalue weighted by atomic mass is 9.75. The molecule has 0 bridgehead atoms. The van der Waals surface area contributed by atoms with Crippen LogP contribution in [0.2, 0.25) is 0 Å². The fourth-order valence-corrected chi connectivity index (χ4v) is 2.67. The summed E-state index contributed by atoms with van der Waals surface area (Å²) in [6.07, 6.45) is 3.56. The number of hydrogen-bond acceptors (Lipinski definition) is 3. The molecule has 0 amide bonds. The Morgan fingerprint density at radius 3 is 2.67 bits per heavy atom. The summed E-state index contributed by atoms with van der Waals surface area (Å²) in [6, 6.07) is 7.42. The molecule has 2 radical (unpaired) electrons. The number of carbonyl (C=O) groups is 1. The van der Waals surface area contributed by atoms with Crippen molar-refractivity contribution in [2.24, 2.45) is 0 Å². The molecular weight excluding hydrogens is 225 g/mol. The number of hydrogen-bond donors (Lipinski definition) is 0. The van der Waals surface area contributed by atoms with Crippen LogP contribution >= 0.6 is 0 Å². The van der Waals surface area contributed by atoms with E-state index in [4.69, 9.17) is 12.6 Å². The summed E-state index contributed by atoms with van der Waals surface area (Å²) < 4.78 is 4.78. The Morgan fingerprint density at radius 1 is 1.44 bits per heavy atom. The van der Waals surface area contributed by atoms with Gasteiger partial charge in [0, 0.05) is 0 Å². The first-order chi connectivity index (χ1) is 8.63. The van der Waals surface area contributed by atoms with Crippen LogP contribution in [0.4, 0.5) is 0 Å².